The second-order valence-corrected chi connectivity index (χ2v) is 5.73. The van der Waals surface area contributed by atoms with Crippen molar-refractivity contribution in [1.29, 1.82) is 0 Å². The number of H-pyrrole nitrogens is 1. The Morgan fingerprint density at radius 2 is 1.95 bits per heavy atom. The molecule has 20 heavy (non-hydrogen) atoms. The van der Waals surface area contributed by atoms with Crippen LogP contribution >= 0.6 is 11.6 Å². The van der Waals surface area contributed by atoms with E-state index in [0.717, 1.165) is 17.9 Å². The number of halogens is 1. The second kappa shape index (κ2) is 4.53. The van der Waals surface area contributed by atoms with Crippen LogP contribution in [0.2, 0.25) is 5.02 Å². The van der Waals surface area contributed by atoms with E-state index in [0.29, 0.717) is 0 Å². The van der Waals surface area contributed by atoms with Crippen molar-refractivity contribution in [3.63, 3.8) is 0 Å². The van der Waals surface area contributed by atoms with E-state index >= 15 is 0 Å². The van der Waals surface area contributed by atoms with Crippen LogP contribution in [0.3, 0.4) is 0 Å². The van der Waals surface area contributed by atoms with Gasteiger partial charge < -0.3 is 4.98 Å². The molecule has 1 heterocycles. The molecule has 0 atom stereocenters. The maximum absolute atomic E-state index is 6.12. The molecule has 0 amide bonds. The van der Waals surface area contributed by atoms with Gasteiger partial charge in [0.25, 0.3) is 0 Å². The van der Waals surface area contributed by atoms with Crippen molar-refractivity contribution in [2.24, 2.45) is 0 Å². The lowest BCUT2D eigenvalue weighted by molar-refractivity contribution is 1.19. The Labute approximate surface area is 122 Å². The molecule has 0 radical (unpaired) electrons. The maximum Gasteiger partial charge on any atom is 0.0456 e. The summed E-state index contributed by atoms with van der Waals surface area (Å²) in [7, 11) is 0. The number of aromatic nitrogens is 1. The summed E-state index contributed by atoms with van der Waals surface area (Å²) < 4.78 is 0. The minimum Gasteiger partial charge on any atom is -0.358 e. The molecule has 1 aliphatic carbocycles. The molecule has 3 aromatic rings. The Kier molecular flexibility index (Phi) is 2.68. The highest BCUT2D eigenvalue weighted by atomic mass is 35.5. The molecule has 0 saturated carbocycles. The van der Waals surface area contributed by atoms with Gasteiger partial charge in [0, 0.05) is 22.7 Å². The van der Waals surface area contributed by atoms with E-state index in [2.05, 4.69) is 53.5 Å². The fraction of sp³-hybridized carbons (Fsp3) is 0.111. The smallest absolute Gasteiger partial charge is 0.0456 e. The number of nitrogens with one attached hydrogen (secondary N) is 1. The van der Waals surface area contributed by atoms with Gasteiger partial charge >= 0.3 is 0 Å². The first kappa shape index (κ1) is 11.8. The number of aromatic amines is 1. The molecule has 0 spiro atoms. The Hall–Kier alpha value is -1.99. The van der Waals surface area contributed by atoms with Crippen LogP contribution in [-0.4, -0.2) is 4.98 Å². The van der Waals surface area contributed by atoms with E-state index in [9.17, 15) is 0 Å². The van der Waals surface area contributed by atoms with Gasteiger partial charge in [-0.1, -0.05) is 41.9 Å². The highest BCUT2D eigenvalue weighted by Gasteiger charge is 2.15. The van der Waals surface area contributed by atoms with Crippen LogP contribution in [0.15, 0.2) is 54.6 Å². The van der Waals surface area contributed by atoms with E-state index in [-0.39, 0.29) is 0 Å². The number of benzene rings is 2. The van der Waals surface area contributed by atoms with Crippen LogP contribution in [-0.2, 0) is 12.8 Å². The minimum absolute atomic E-state index is 0.813. The fourth-order valence-corrected chi connectivity index (χ4v) is 3.14. The van der Waals surface area contributed by atoms with Gasteiger partial charge in [-0.25, -0.2) is 0 Å². The quantitative estimate of drug-likeness (QED) is 0.679. The van der Waals surface area contributed by atoms with E-state index in [1.165, 1.54) is 33.3 Å². The number of fused-ring (bicyclic) bond motifs is 2. The average Bonchev–Trinajstić information content (AvgIpc) is 3.03. The molecular formula is C18H14ClN. The molecular weight excluding hydrogens is 266 g/mol. The molecule has 0 saturated heterocycles. The maximum atomic E-state index is 6.12. The van der Waals surface area contributed by atoms with Crippen molar-refractivity contribution >= 4 is 28.1 Å². The van der Waals surface area contributed by atoms with Crippen molar-refractivity contribution in [2.75, 3.05) is 0 Å². The highest BCUT2D eigenvalue weighted by molar-refractivity contribution is 6.30. The first-order chi connectivity index (χ1) is 9.79. The van der Waals surface area contributed by atoms with Gasteiger partial charge in [0.2, 0.25) is 0 Å². The fourth-order valence-electron chi connectivity index (χ4n) is 2.97. The lowest BCUT2D eigenvalue weighted by Crippen LogP contribution is -1.90. The zero-order valence-corrected chi connectivity index (χ0v) is 11.7. The summed E-state index contributed by atoms with van der Waals surface area (Å²) in [6.45, 7) is 0. The van der Waals surface area contributed by atoms with Gasteiger partial charge in [0.1, 0.15) is 0 Å². The van der Waals surface area contributed by atoms with Crippen LogP contribution in [0.5, 0.6) is 0 Å². The Morgan fingerprint density at radius 3 is 2.85 bits per heavy atom. The Bertz CT molecular complexity index is 793. The van der Waals surface area contributed by atoms with Crippen LogP contribution < -0.4 is 0 Å². The molecule has 98 valence electrons. The average molecular weight is 280 g/mol. The van der Waals surface area contributed by atoms with E-state index in [1.807, 2.05) is 6.07 Å². The largest absolute Gasteiger partial charge is 0.358 e. The Morgan fingerprint density at radius 1 is 1.05 bits per heavy atom. The predicted molar refractivity (Wildman–Crippen MR) is 85.1 cm³/mol. The number of hydrogen-bond acceptors (Lipinski definition) is 0. The SMILES string of the molecule is Clc1ccc2c(c1)C(Cc1cc3ccccc3[nH]1)=CC2. The molecule has 0 aliphatic heterocycles. The van der Waals surface area contributed by atoms with Crippen molar-refractivity contribution < 1.29 is 0 Å². The first-order valence-electron chi connectivity index (χ1n) is 6.84. The highest BCUT2D eigenvalue weighted by Crippen LogP contribution is 2.32. The molecule has 0 bridgehead atoms. The lowest BCUT2D eigenvalue weighted by Gasteiger charge is -2.05. The number of rotatable bonds is 2. The lowest BCUT2D eigenvalue weighted by atomic mass is 10.0. The third-order valence-corrected chi connectivity index (χ3v) is 4.19. The topological polar surface area (TPSA) is 15.8 Å². The molecule has 1 aliphatic rings. The van der Waals surface area contributed by atoms with Gasteiger partial charge in [-0.3, -0.25) is 0 Å². The van der Waals surface area contributed by atoms with Crippen LogP contribution in [0.1, 0.15) is 16.8 Å². The normalized spacial score (nSPS) is 13.6. The van der Waals surface area contributed by atoms with Crippen LogP contribution in [0, 0.1) is 0 Å². The van der Waals surface area contributed by atoms with E-state index in [1.54, 1.807) is 0 Å². The summed E-state index contributed by atoms with van der Waals surface area (Å²) in [5.41, 5.74) is 6.50. The molecule has 2 heteroatoms. The van der Waals surface area contributed by atoms with Gasteiger partial charge in [-0.2, -0.15) is 0 Å². The molecule has 2 aromatic carbocycles. The van der Waals surface area contributed by atoms with Gasteiger partial charge in [-0.05, 0) is 52.8 Å². The van der Waals surface area contributed by atoms with Crippen LogP contribution in [0.4, 0.5) is 0 Å². The molecule has 0 unspecified atom stereocenters. The van der Waals surface area contributed by atoms with E-state index in [4.69, 9.17) is 11.6 Å². The second-order valence-electron chi connectivity index (χ2n) is 5.29. The zero-order valence-electron chi connectivity index (χ0n) is 11.0. The van der Waals surface area contributed by atoms with Gasteiger partial charge in [0.15, 0.2) is 0 Å². The number of allylic oxidation sites excluding steroid dienone is 2. The van der Waals surface area contributed by atoms with Gasteiger partial charge in [0.05, 0.1) is 0 Å². The van der Waals surface area contributed by atoms with E-state index < -0.39 is 0 Å². The van der Waals surface area contributed by atoms with Crippen molar-refractivity contribution in [1.82, 2.24) is 4.98 Å². The zero-order chi connectivity index (χ0) is 13.5. The van der Waals surface area contributed by atoms with Crippen molar-refractivity contribution in [3.05, 3.63) is 76.5 Å². The summed E-state index contributed by atoms with van der Waals surface area (Å²) in [6, 6.07) is 16.8. The van der Waals surface area contributed by atoms with Crippen molar-refractivity contribution in [3.8, 4) is 0 Å². The first-order valence-corrected chi connectivity index (χ1v) is 7.22. The number of para-hydroxylation sites is 1. The minimum atomic E-state index is 0.813. The summed E-state index contributed by atoms with van der Waals surface area (Å²) in [5, 5.41) is 2.08. The monoisotopic (exact) mass is 279 g/mol. The van der Waals surface area contributed by atoms with Gasteiger partial charge in [-0.15, -0.1) is 0 Å². The third kappa shape index (κ3) is 1.95. The molecule has 4 rings (SSSR count). The summed E-state index contributed by atoms with van der Waals surface area (Å²) in [4.78, 5) is 3.49. The Balaban J connectivity index is 1.69. The molecule has 0 fully saturated rings. The van der Waals surface area contributed by atoms with Crippen LogP contribution in [0.25, 0.3) is 16.5 Å². The third-order valence-electron chi connectivity index (χ3n) is 3.95. The number of hydrogen-bond donors (Lipinski definition) is 1. The molecule has 1 N–H and O–H groups in total. The summed E-state index contributed by atoms with van der Waals surface area (Å²) in [5.74, 6) is 0. The summed E-state index contributed by atoms with van der Waals surface area (Å²) >= 11 is 6.12. The molecule has 1 aromatic heterocycles. The predicted octanol–water partition coefficient (Wildman–Crippen LogP) is 5.00. The molecule has 1 nitrogen and oxygen atoms in total. The standard InChI is InChI=1S/C18H14ClN/c19-15-8-7-12-5-6-13(17(12)11-15)9-16-10-14-3-1-2-4-18(14)20-16/h1-4,6-8,10-11,20H,5,9H2. The summed E-state index contributed by atoms with van der Waals surface area (Å²) in [6.07, 6.45) is 4.26. The van der Waals surface area contributed by atoms with Crippen molar-refractivity contribution in [2.45, 2.75) is 12.8 Å².